The topological polar surface area (TPSA) is 29.1 Å². The Labute approximate surface area is 111 Å². The Balaban J connectivity index is 2.75. The largest absolute Gasteiger partial charge is 0.346 e. The fourth-order valence-corrected chi connectivity index (χ4v) is 1.86. The van der Waals surface area contributed by atoms with Crippen LogP contribution in [-0.2, 0) is 4.79 Å². The maximum atomic E-state index is 11.7. The first-order valence-electron chi connectivity index (χ1n) is 5.73. The zero-order chi connectivity index (χ0) is 12.8. The van der Waals surface area contributed by atoms with E-state index in [2.05, 4.69) is 28.2 Å². The monoisotopic (exact) mass is 295 g/mol. The molecule has 1 amide bonds. The molecule has 2 nitrogen and oxygen atoms in total. The number of hydrogen-bond acceptors (Lipinski definition) is 1. The summed E-state index contributed by atoms with van der Waals surface area (Å²) in [5.74, 6) is -0.0280. The van der Waals surface area contributed by atoms with Crippen molar-refractivity contribution in [1.82, 2.24) is 5.32 Å². The van der Waals surface area contributed by atoms with Crippen molar-refractivity contribution in [1.29, 1.82) is 0 Å². The van der Waals surface area contributed by atoms with Crippen LogP contribution in [-0.4, -0.2) is 5.91 Å². The van der Waals surface area contributed by atoms with E-state index in [9.17, 15) is 4.79 Å². The van der Waals surface area contributed by atoms with Gasteiger partial charge in [0.15, 0.2) is 0 Å². The highest BCUT2D eigenvalue weighted by Gasteiger charge is 2.10. The molecule has 0 spiro atoms. The maximum absolute atomic E-state index is 11.7. The van der Waals surface area contributed by atoms with Gasteiger partial charge >= 0.3 is 0 Å². The summed E-state index contributed by atoms with van der Waals surface area (Å²) in [5.41, 5.74) is 2.14. The molecular formula is C14H18BrNO. The van der Waals surface area contributed by atoms with Gasteiger partial charge in [-0.25, -0.2) is 0 Å². The Bertz CT molecular complexity index is 405. The van der Waals surface area contributed by atoms with E-state index in [1.54, 1.807) is 6.08 Å². The number of hydrogen-bond donors (Lipinski definition) is 1. The highest BCUT2D eigenvalue weighted by Crippen LogP contribution is 2.19. The molecule has 1 N–H and O–H groups in total. The fourth-order valence-electron chi connectivity index (χ4n) is 1.59. The molecule has 92 valence electrons. The first kappa shape index (κ1) is 14.0. The zero-order valence-corrected chi connectivity index (χ0v) is 12.0. The number of amides is 1. The van der Waals surface area contributed by atoms with E-state index in [1.807, 2.05) is 38.1 Å². The summed E-state index contributed by atoms with van der Waals surface area (Å²) in [6, 6.07) is 8.12. The predicted octanol–water partition coefficient (Wildman–Crippen LogP) is 3.98. The SMILES string of the molecule is CCC(NC(=O)C=C(C)C)c1ccc(Br)cc1. The number of allylic oxidation sites excluding steroid dienone is 1. The predicted molar refractivity (Wildman–Crippen MR) is 74.7 cm³/mol. The highest BCUT2D eigenvalue weighted by molar-refractivity contribution is 9.10. The quantitative estimate of drug-likeness (QED) is 0.837. The van der Waals surface area contributed by atoms with Crippen LogP contribution in [0.25, 0.3) is 0 Å². The Morgan fingerprint density at radius 2 is 1.94 bits per heavy atom. The van der Waals surface area contributed by atoms with Crippen molar-refractivity contribution in [2.75, 3.05) is 0 Å². The number of carbonyl (C=O) groups is 1. The molecule has 1 aromatic rings. The van der Waals surface area contributed by atoms with Crippen molar-refractivity contribution in [2.24, 2.45) is 0 Å². The number of nitrogens with one attached hydrogen (secondary N) is 1. The molecule has 0 heterocycles. The Hall–Kier alpha value is -1.09. The number of rotatable bonds is 4. The van der Waals surface area contributed by atoms with E-state index in [1.165, 1.54) is 0 Å². The van der Waals surface area contributed by atoms with Gasteiger partial charge in [0.1, 0.15) is 0 Å². The van der Waals surface area contributed by atoms with E-state index in [-0.39, 0.29) is 11.9 Å². The minimum absolute atomic E-state index is 0.0280. The van der Waals surface area contributed by atoms with Crippen LogP contribution >= 0.6 is 15.9 Å². The van der Waals surface area contributed by atoms with Crippen LogP contribution in [0.5, 0.6) is 0 Å². The van der Waals surface area contributed by atoms with Gasteiger partial charge in [0.2, 0.25) is 5.91 Å². The Morgan fingerprint density at radius 1 is 1.35 bits per heavy atom. The van der Waals surface area contributed by atoms with Gasteiger partial charge in [0.05, 0.1) is 6.04 Å². The van der Waals surface area contributed by atoms with Gasteiger partial charge in [-0.2, -0.15) is 0 Å². The van der Waals surface area contributed by atoms with Gasteiger partial charge in [-0.15, -0.1) is 0 Å². The number of carbonyl (C=O) groups excluding carboxylic acids is 1. The molecule has 0 radical (unpaired) electrons. The average molecular weight is 296 g/mol. The molecular weight excluding hydrogens is 278 g/mol. The molecule has 0 fully saturated rings. The van der Waals surface area contributed by atoms with Gasteiger partial charge in [-0.1, -0.05) is 40.6 Å². The van der Waals surface area contributed by atoms with Crippen LogP contribution in [0.2, 0.25) is 0 Å². The molecule has 1 aromatic carbocycles. The average Bonchev–Trinajstić information content (AvgIpc) is 2.26. The van der Waals surface area contributed by atoms with E-state index in [0.717, 1.165) is 22.0 Å². The van der Waals surface area contributed by atoms with Crippen LogP contribution < -0.4 is 5.32 Å². The Kier molecular flexibility index (Phi) is 5.42. The Morgan fingerprint density at radius 3 is 2.41 bits per heavy atom. The summed E-state index contributed by atoms with van der Waals surface area (Å²) in [4.78, 5) is 11.7. The summed E-state index contributed by atoms with van der Waals surface area (Å²) >= 11 is 3.40. The van der Waals surface area contributed by atoms with E-state index in [0.29, 0.717) is 0 Å². The molecule has 1 rings (SSSR count). The van der Waals surface area contributed by atoms with Crippen LogP contribution in [0.1, 0.15) is 38.8 Å². The van der Waals surface area contributed by atoms with Crippen LogP contribution in [0.15, 0.2) is 40.4 Å². The van der Waals surface area contributed by atoms with Crippen molar-refractivity contribution in [2.45, 2.75) is 33.2 Å². The molecule has 0 aliphatic rings. The lowest BCUT2D eigenvalue weighted by Crippen LogP contribution is -2.26. The summed E-state index contributed by atoms with van der Waals surface area (Å²) in [6.07, 6.45) is 2.51. The van der Waals surface area contributed by atoms with E-state index < -0.39 is 0 Å². The van der Waals surface area contributed by atoms with E-state index >= 15 is 0 Å². The number of benzene rings is 1. The van der Waals surface area contributed by atoms with Crippen LogP contribution in [0, 0.1) is 0 Å². The van der Waals surface area contributed by atoms with Gasteiger partial charge in [0.25, 0.3) is 0 Å². The minimum Gasteiger partial charge on any atom is -0.346 e. The summed E-state index contributed by atoms with van der Waals surface area (Å²) in [7, 11) is 0. The van der Waals surface area contributed by atoms with Crippen molar-refractivity contribution in [3.8, 4) is 0 Å². The summed E-state index contributed by atoms with van der Waals surface area (Å²) in [6.45, 7) is 5.90. The fraction of sp³-hybridized carbons (Fsp3) is 0.357. The molecule has 0 saturated heterocycles. The molecule has 1 unspecified atom stereocenters. The zero-order valence-electron chi connectivity index (χ0n) is 10.5. The lowest BCUT2D eigenvalue weighted by Gasteiger charge is -2.16. The summed E-state index contributed by atoms with van der Waals surface area (Å²) in [5, 5.41) is 3.00. The van der Waals surface area contributed by atoms with Gasteiger partial charge in [-0.05, 0) is 38.0 Å². The van der Waals surface area contributed by atoms with Gasteiger partial charge in [0, 0.05) is 10.5 Å². The van der Waals surface area contributed by atoms with Crippen molar-refractivity contribution < 1.29 is 4.79 Å². The first-order chi connectivity index (χ1) is 8.02. The second kappa shape index (κ2) is 6.60. The van der Waals surface area contributed by atoms with Crippen molar-refractivity contribution in [3.05, 3.63) is 46.0 Å². The second-order valence-electron chi connectivity index (χ2n) is 4.24. The second-order valence-corrected chi connectivity index (χ2v) is 5.16. The van der Waals surface area contributed by atoms with Crippen molar-refractivity contribution in [3.63, 3.8) is 0 Å². The molecule has 17 heavy (non-hydrogen) atoms. The van der Waals surface area contributed by atoms with Crippen molar-refractivity contribution >= 4 is 21.8 Å². The third-order valence-electron chi connectivity index (χ3n) is 2.42. The van der Waals surface area contributed by atoms with Gasteiger partial charge < -0.3 is 5.32 Å². The smallest absolute Gasteiger partial charge is 0.244 e. The number of halogens is 1. The molecule has 1 atom stereocenters. The normalized spacial score (nSPS) is 11.8. The molecule has 0 aromatic heterocycles. The van der Waals surface area contributed by atoms with E-state index in [4.69, 9.17) is 0 Å². The molecule has 0 bridgehead atoms. The molecule has 0 aliphatic heterocycles. The van der Waals surface area contributed by atoms with Crippen LogP contribution in [0.3, 0.4) is 0 Å². The molecule has 0 saturated carbocycles. The first-order valence-corrected chi connectivity index (χ1v) is 6.53. The standard InChI is InChI=1S/C14H18BrNO/c1-4-13(16-14(17)9-10(2)3)11-5-7-12(15)8-6-11/h5-9,13H,4H2,1-3H3,(H,16,17). The molecule has 3 heteroatoms. The third kappa shape index (κ3) is 4.73. The van der Waals surface area contributed by atoms with Crippen LogP contribution in [0.4, 0.5) is 0 Å². The maximum Gasteiger partial charge on any atom is 0.244 e. The highest BCUT2D eigenvalue weighted by atomic mass is 79.9. The minimum atomic E-state index is -0.0280. The van der Waals surface area contributed by atoms with Gasteiger partial charge in [-0.3, -0.25) is 4.79 Å². The third-order valence-corrected chi connectivity index (χ3v) is 2.95. The lowest BCUT2D eigenvalue weighted by atomic mass is 10.0. The lowest BCUT2D eigenvalue weighted by molar-refractivity contribution is -0.117. The summed E-state index contributed by atoms with van der Waals surface area (Å²) < 4.78 is 1.05. The molecule has 0 aliphatic carbocycles.